The summed E-state index contributed by atoms with van der Waals surface area (Å²) >= 11 is 0. The van der Waals surface area contributed by atoms with Crippen LogP contribution in [-0.4, -0.2) is 32.5 Å². The van der Waals surface area contributed by atoms with Crippen LogP contribution in [0.15, 0.2) is 36.8 Å². The molecule has 0 bridgehead atoms. The predicted octanol–water partition coefficient (Wildman–Crippen LogP) is 3.69. The molecule has 4 nitrogen and oxygen atoms in total. The third-order valence-corrected chi connectivity index (χ3v) is 5.78. The minimum atomic E-state index is 0.602. The highest BCUT2D eigenvalue weighted by molar-refractivity contribution is 5.82. The SMILES string of the molecule is c1cc(CN2CC[C@@H](n3cnc4c3CCCC4)C2)c2cc[nH]c2c1. The molecule has 1 N–H and O–H groups in total. The third-order valence-electron chi connectivity index (χ3n) is 5.78. The average Bonchev–Trinajstić information content (AvgIpc) is 3.34. The number of nitrogens with one attached hydrogen (secondary N) is 1. The maximum atomic E-state index is 4.68. The molecule has 0 unspecified atom stereocenters. The van der Waals surface area contributed by atoms with E-state index in [9.17, 15) is 0 Å². The highest BCUT2D eigenvalue weighted by atomic mass is 15.2. The van der Waals surface area contributed by atoms with Crippen molar-refractivity contribution >= 4 is 10.9 Å². The average molecular weight is 320 g/mol. The van der Waals surface area contributed by atoms with Gasteiger partial charge in [-0.3, -0.25) is 4.90 Å². The molecule has 1 aromatic carbocycles. The largest absolute Gasteiger partial charge is 0.361 e. The molecule has 4 heteroatoms. The molecule has 0 spiro atoms. The van der Waals surface area contributed by atoms with Gasteiger partial charge in [0, 0.05) is 48.5 Å². The van der Waals surface area contributed by atoms with Gasteiger partial charge in [-0.2, -0.15) is 0 Å². The molecular formula is C20H24N4. The van der Waals surface area contributed by atoms with Crippen LogP contribution in [0.4, 0.5) is 0 Å². The quantitative estimate of drug-likeness (QED) is 0.799. The molecule has 0 radical (unpaired) electrons. The molecule has 1 atom stereocenters. The zero-order valence-corrected chi connectivity index (χ0v) is 14.0. The van der Waals surface area contributed by atoms with Crippen LogP contribution in [0.1, 0.15) is 42.3 Å². The Hall–Kier alpha value is -2.07. The standard InChI is InChI=1S/C20H24N4/c1-2-7-20-19(5-1)22-14-24(20)16-9-11-23(13-16)12-15-4-3-6-18-17(15)8-10-21-18/h3-4,6,8,10,14,16,21H,1-2,5,7,9,11-13H2/t16-/m1/s1. The first-order valence-electron chi connectivity index (χ1n) is 9.20. The highest BCUT2D eigenvalue weighted by Crippen LogP contribution is 2.29. The molecule has 3 heterocycles. The number of H-pyrrole nitrogens is 1. The van der Waals surface area contributed by atoms with Crippen LogP contribution in [0, 0.1) is 0 Å². The van der Waals surface area contributed by atoms with Gasteiger partial charge >= 0.3 is 0 Å². The Kier molecular flexibility index (Phi) is 3.44. The molecule has 2 aromatic heterocycles. The summed E-state index contributed by atoms with van der Waals surface area (Å²) in [7, 11) is 0. The summed E-state index contributed by atoms with van der Waals surface area (Å²) in [6.45, 7) is 3.37. The van der Waals surface area contributed by atoms with E-state index in [0.717, 1.165) is 13.1 Å². The van der Waals surface area contributed by atoms with Crippen LogP contribution >= 0.6 is 0 Å². The topological polar surface area (TPSA) is 36.9 Å². The van der Waals surface area contributed by atoms with E-state index in [-0.39, 0.29) is 0 Å². The Morgan fingerprint density at radius 2 is 2.12 bits per heavy atom. The number of likely N-dealkylation sites (tertiary alicyclic amines) is 1. The summed E-state index contributed by atoms with van der Waals surface area (Å²) in [6, 6.07) is 9.38. The van der Waals surface area contributed by atoms with Crippen LogP contribution in [0.3, 0.4) is 0 Å². The van der Waals surface area contributed by atoms with E-state index in [0.29, 0.717) is 6.04 Å². The molecule has 0 saturated carbocycles. The second kappa shape index (κ2) is 5.78. The highest BCUT2D eigenvalue weighted by Gasteiger charge is 2.27. The monoisotopic (exact) mass is 320 g/mol. The first kappa shape index (κ1) is 14.3. The molecule has 1 aliphatic carbocycles. The van der Waals surface area contributed by atoms with E-state index in [2.05, 4.69) is 50.0 Å². The number of aromatic amines is 1. The van der Waals surface area contributed by atoms with E-state index < -0.39 is 0 Å². The summed E-state index contributed by atoms with van der Waals surface area (Å²) in [4.78, 5) is 10.6. The van der Waals surface area contributed by atoms with Crippen molar-refractivity contribution in [1.29, 1.82) is 0 Å². The summed E-state index contributed by atoms with van der Waals surface area (Å²) < 4.78 is 2.49. The lowest BCUT2D eigenvalue weighted by atomic mass is 10.0. The Balaban J connectivity index is 1.34. The fraction of sp³-hybridized carbons (Fsp3) is 0.450. The van der Waals surface area contributed by atoms with Gasteiger partial charge in [0.2, 0.25) is 0 Å². The second-order valence-electron chi connectivity index (χ2n) is 7.29. The van der Waals surface area contributed by atoms with Gasteiger partial charge in [-0.15, -0.1) is 0 Å². The first-order valence-corrected chi connectivity index (χ1v) is 9.20. The lowest BCUT2D eigenvalue weighted by Gasteiger charge is -2.20. The van der Waals surface area contributed by atoms with E-state index in [1.54, 1.807) is 0 Å². The zero-order valence-electron chi connectivity index (χ0n) is 14.0. The number of hydrogen-bond acceptors (Lipinski definition) is 2. The van der Waals surface area contributed by atoms with Crippen molar-refractivity contribution in [2.75, 3.05) is 13.1 Å². The van der Waals surface area contributed by atoms with Gasteiger partial charge in [0.25, 0.3) is 0 Å². The van der Waals surface area contributed by atoms with Crippen molar-refractivity contribution in [1.82, 2.24) is 19.4 Å². The smallest absolute Gasteiger partial charge is 0.0954 e. The maximum Gasteiger partial charge on any atom is 0.0954 e. The zero-order chi connectivity index (χ0) is 15.9. The Morgan fingerprint density at radius 1 is 1.17 bits per heavy atom. The van der Waals surface area contributed by atoms with Gasteiger partial charge in [0.1, 0.15) is 0 Å². The molecule has 1 fully saturated rings. The van der Waals surface area contributed by atoms with E-state index in [1.165, 1.54) is 66.5 Å². The van der Waals surface area contributed by atoms with Gasteiger partial charge in [-0.25, -0.2) is 4.98 Å². The van der Waals surface area contributed by atoms with Gasteiger partial charge < -0.3 is 9.55 Å². The van der Waals surface area contributed by atoms with Crippen molar-refractivity contribution in [2.45, 2.75) is 44.7 Å². The minimum Gasteiger partial charge on any atom is -0.361 e. The van der Waals surface area contributed by atoms with Gasteiger partial charge in [0.15, 0.2) is 0 Å². The van der Waals surface area contributed by atoms with Gasteiger partial charge in [0.05, 0.1) is 12.0 Å². The Morgan fingerprint density at radius 3 is 3.12 bits per heavy atom. The summed E-state index contributed by atoms with van der Waals surface area (Å²) in [5.74, 6) is 0. The molecule has 124 valence electrons. The first-order chi connectivity index (χ1) is 11.9. The molecule has 1 aliphatic heterocycles. The fourth-order valence-corrected chi connectivity index (χ4v) is 4.52. The van der Waals surface area contributed by atoms with Crippen molar-refractivity contribution in [3.8, 4) is 0 Å². The van der Waals surface area contributed by atoms with E-state index in [4.69, 9.17) is 0 Å². The van der Waals surface area contributed by atoms with Crippen molar-refractivity contribution in [3.05, 3.63) is 53.7 Å². The minimum absolute atomic E-state index is 0.602. The number of rotatable bonds is 3. The number of imidazole rings is 1. The number of hydrogen-bond donors (Lipinski definition) is 1. The van der Waals surface area contributed by atoms with Crippen LogP contribution in [-0.2, 0) is 19.4 Å². The van der Waals surface area contributed by atoms with Crippen LogP contribution < -0.4 is 0 Å². The molecule has 3 aromatic rings. The fourth-order valence-electron chi connectivity index (χ4n) is 4.52. The normalized spacial score (nSPS) is 21.4. The molecule has 2 aliphatic rings. The van der Waals surface area contributed by atoms with Gasteiger partial charge in [-0.1, -0.05) is 12.1 Å². The Labute approximate surface area is 142 Å². The second-order valence-corrected chi connectivity index (χ2v) is 7.29. The Bertz CT molecular complexity index is 860. The van der Waals surface area contributed by atoms with Crippen molar-refractivity contribution in [3.63, 3.8) is 0 Å². The lowest BCUT2D eigenvalue weighted by Crippen LogP contribution is -2.22. The number of aromatic nitrogens is 3. The van der Waals surface area contributed by atoms with E-state index in [1.807, 2.05) is 6.20 Å². The summed E-state index contributed by atoms with van der Waals surface area (Å²) in [5, 5.41) is 1.36. The van der Waals surface area contributed by atoms with Crippen molar-refractivity contribution in [2.24, 2.45) is 0 Å². The number of nitrogens with zero attached hydrogens (tertiary/aromatic N) is 3. The lowest BCUT2D eigenvalue weighted by molar-refractivity contribution is 0.316. The van der Waals surface area contributed by atoms with Crippen LogP contribution in [0.5, 0.6) is 0 Å². The molecule has 1 saturated heterocycles. The maximum absolute atomic E-state index is 4.68. The molecule has 24 heavy (non-hydrogen) atoms. The third kappa shape index (κ3) is 2.37. The molecule has 0 amide bonds. The summed E-state index contributed by atoms with van der Waals surface area (Å²) in [6.07, 6.45) is 10.4. The van der Waals surface area contributed by atoms with Crippen LogP contribution in [0.2, 0.25) is 0 Å². The van der Waals surface area contributed by atoms with Gasteiger partial charge in [-0.05, 0) is 49.8 Å². The molecular weight excluding hydrogens is 296 g/mol. The predicted molar refractivity (Wildman–Crippen MR) is 96.1 cm³/mol. The number of aryl methyl sites for hydroxylation is 1. The molecule has 5 rings (SSSR count). The summed E-state index contributed by atoms with van der Waals surface area (Å²) in [5.41, 5.74) is 5.55. The number of fused-ring (bicyclic) bond motifs is 2. The van der Waals surface area contributed by atoms with Crippen LogP contribution in [0.25, 0.3) is 10.9 Å². The number of benzene rings is 1. The van der Waals surface area contributed by atoms with E-state index >= 15 is 0 Å². The van der Waals surface area contributed by atoms with Crippen molar-refractivity contribution < 1.29 is 0 Å².